The van der Waals surface area contributed by atoms with Crippen LogP contribution in [0.15, 0.2) is 60.7 Å². The summed E-state index contributed by atoms with van der Waals surface area (Å²) in [7, 11) is -0.194. The van der Waals surface area contributed by atoms with Crippen molar-refractivity contribution < 1.29 is 23.5 Å². The molecule has 2 saturated carbocycles. The fraction of sp³-hybridized carbons (Fsp3) is 0.785. The topological polar surface area (TPSA) is 65.1 Å². The Hall–Kier alpha value is -2.13. The van der Waals surface area contributed by atoms with Crippen molar-refractivity contribution in [3.05, 3.63) is 60.7 Å². The van der Waals surface area contributed by atoms with Crippen LogP contribution < -0.4 is 10.4 Å². The van der Waals surface area contributed by atoms with Gasteiger partial charge in [-0.15, -0.1) is 11.8 Å². The zero-order chi connectivity index (χ0) is 52.3. The first-order valence-corrected chi connectivity index (χ1v) is 34.0. The van der Waals surface area contributed by atoms with Crippen molar-refractivity contribution >= 4 is 42.4 Å². The number of carbonyl (C=O) groups is 2. The fourth-order valence-corrected chi connectivity index (χ4v) is 17.9. The molecular weight excluding hydrogens is 935 g/mol. The van der Waals surface area contributed by atoms with Gasteiger partial charge < -0.3 is 18.8 Å². The molecule has 2 unspecified atom stereocenters. The van der Waals surface area contributed by atoms with Crippen LogP contribution in [0, 0.1) is 11.8 Å². The third-order valence-electron chi connectivity index (χ3n) is 16.7. The standard InChI is InChI=1S/C65H111NO5SSi/c1-7-9-11-30-45-59(70-62(67)52-51-56-39-26-22-27-40-56)55-72-63(71-64(68)57-41-28-20-18-16-14-12-13-15-17-19-21-29-42-57)50-36-35-44-58(43-25-10-8-2)66(6)53-37-38-54-69-73(65(3,4)5,60-46-31-23-32-47-60)61-48-33-24-34-49-61/h23-24,31-34,46-49,56-59,63H,7-22,25-30,35-45,50-55H2,1-6H3/t58?,59-,63?/m0/s1. The summed E-state index contributed by atoms with van der Waals surface area (Å²) in [6.45, 7) is 13.5. The summed E-state index contributed by atoms with van der Waals surface area (Å²) in [4.78, 5) is 30.4. The second-order valence-electron chi connectivity index (χ2n) is 23.9. The highest BCUT2D eigenvalue weighted by Gasteiger charge is 2.50. The Balaban J connectivity index is 1.40. The molecule has 0 saturated heterocycles. The lowest BCUT2D eigenvalue weighted by Gasteiger charge is -2.43. The molecule has 2 fully saturated rings. The molecule has 0 spiro atoms. The SMILES string of the molecule is CCCCCC[C@@H](CSC(CCCCC(CCCCC)N(C)CCCCO[Si](c1ccccc1)(c1ccccc1)C(C)(C)C)OC(=O)C1CCCCCCCCCCCCCC1)OC(=O)CCC1CCCCC1. The Labute approximate surface area is 455 Å². The van der Waals surface area contributed by atoms with E-state index in [1.54, 1.807) is 11.8 Å². The number of hydrogen-bond acceptors (Lipinski definition) is 7. The maximum atomic E-state index is 14.3. The summed E-state index contributed by atoms with van der Waals surface area (Å²) in [5.74, 6) is 1.36. The Kier molecular flexibility index (Phi) is 33.4. The molecule has 3 atom stereocenters. The maximum absolute atomic E-state index is 14.3. The van der Waals surface area contributed by atoms with Crippen molar-refractivity contribution in [3.63, 3.8) is 0 Å². The number of carbonyl (C=O) groups excluding carboxylic acids is 2. The maximum Gasteiger partial charge on any atom is 0.310 e. The van der Waals surface area contributed by atoms with Gasteiger partial charge in [0.1, 0.15) is 11.5 Å². The van der Waals surface area contributed by atoms with Crippen molar-refractivity contribution in [1.82, 2.24) is 4.90 Å². The lowest BCUT2D eigenvalue weighted by atomic mass is 9.86. The largest absolute Gasteiger partial charge is 0.461 e. The Morgan fingerprint density at radius 1 is 0.603 bits per heavy atom. The van der Waals surface area contributed by atoms with Gasteiger partial charge in [0.2, 0.25) is 0 Å². The molecule has 416 valence electrons. The molecule has 0 amide bonds. The number of thioether (sulfide) groups is 1. The third-order valence-corrected chi connectivity index (χ3v) is 23.0. The molecule has 4 rings (SSSR count). The predicted octanol–water partition coefficient (Wildman–Crippen LogP) is 17.7. The van der Waals surface area contributed by atoms with Gasteiger partial charge >= 0.3 is 11.9 Å². The van der Waals surface area contributed by atoms with Gasteiger partial charge in [-0.05, 0) is 106 Å². The lowest BCUT2D eigenvalue weighted by Crippen LogP contribution is -2.66. The van der Waals surface area contributed by atoms with E-state index in [0.717, 1.165) is 96.6 Å². The van der Waals surface area contributed by atoms with Gasteiger partial charge in [0.25, 0.3) is 8.32 Å². The quantitative estimate of drug-likeness (QED) is 0.0313. The van der Waals surface area contributed by atoms with E-state index < -0.39 is 8.32 Å². The van der Waals surface area contributed by atoms with Crippen LogP contribution >= 0.6 is 11.8 Å². The van der Waals surface area contributed by atoms with Gasteiger partial charge in [-0.2, -0.15) is 0 Å². The molecule has 2 aliphatic rings. The van der Waals surface area contributed by atoms with Crippen LogP contribution in [-0.4, -0.2) is 68.7 Å². The van der Waals surface area contributed by atoms with E-state index in [0.29, 0.717) is 24.1 Å². The second kappa shape index (κ2) is 38.4. The molecular formula is C65H111NO5SSi. The number of ether oxygens (including phenoxy) is 2. The molecule has 2 aliphatic carbocycles. The van der Waals surface area contributed by atoms with Gasteiger partial charge in [-0.1, -0.05) is 249 Å². The minimum Gasteiger partial charge on any atom is -0.461 e. The lowest BCUT2D eigenvalue weighted by molar-refractivity contribution is -0.151. The Morgan fingerprint density at radius 2 is 1.10 bits per heavy atom. The third kappa shape index (κ3) is 25.3. The minimum absolute atomic E-state index is 0.0124. The molecule has 2 aromatic rings. The van der Waals surface area contributed by atoms with Crippen LogP contribution in [0.25, 0.3) is 0 Å². The molecule has 6 nitrogen and oxygen atoms in total. The number of esters is 2. The van der Waals surface area contributed by atoms with Crippen LogP contribution in [-0.2, 0) is 23.5 Å². The van der Waals surface area contributed by atoms with E-state index in [2.05, 4.69) is 107 Å². The Morgan fingerprint density at radius 3 is 1.66 bits per heavy atom. The minimum atomic E-state index is -2.55. The van der Waals surface area contributed by atoms with Gasteiger partial charge in [-0.25, -0.2) is 0 Å². The highest BCUT2D eigenvalue weighted by molar-refractivity contribution is 7.99. The summed E-state index contributed by atoms with van der Waals surface area (Å²) in [6.07, 6.45) is 41.9. The van der Waals surface area contributed by atoms with Crippen LogP contribution in [0.1, 0.15) is 266 Å². The molecule has 2 aromatic carbocycles. The molecule has 0 heterocycles. The Bertz CT molecular complexity index is 1610. The van der Waals surface area contributed by atoms with E-state index in [1.807, 2.05) is 0 Å². The number of rotatable bonds is 32. The van der Waals surface area contributed by atoms with Crippen LogP contribution in [0.4, 0.5) is 0 Å². The first-order chi connectivity index (χ1) is 35.6. The molecule has 0 aliphatic heterocycles. The summed E-state index contributed by atoms with van der Waals surface area (Å²) >= 11 is 1.76. The predicted molar refractivity (Wildman–Crippen MR) is 317 cm³/mol. The number of unbranched alkanes of at least 4 members (excludes halogenated alkanes) is 7. The van der Waals surface area contributed by atoms with Crippen LogP contribution in [0.3, 0.4) is 0 Å². The monoisotopic (exact) mass is 1050 g/mol. The molecule has 0 bridgehead atoms. The van der Waals surface area contributed by atoms with Crippen molar-refractivity contribution in [2.45, 2.75) is 288 Å². The number of benzene rings is 2. The van der Waals surface area contributed by atoms with Gasteiger partial charge in [0.05, 0.1) is 5.92 Å². The van der Waals surface area contributed by atoms with E-state index in [9.17, 15) is 9.59 Å². The molecule has 8 heteroatoms. The highest BCUT2D eigenvalue weighted by atomic mass is 32.2. The first-order valence-electron chi connectivity index (χ1n) is 31.0. The van der Waals surface area contributed by atoms with E-state index in [1.165, 1.54) is 152 Å². The normalized spacial score (nSPS) is 17.8. The van der Waals surface area contributed by atoms with Crippen LogP contribution in [0.5, 0.6) is 0 Å². The van der Waals surface area contributed by atoms with Crippen molar-refractivity contribution in [1.29, 1.82) is 0 Å². The fourth-order valence-electron chi connectivity index (χ4n) is 12.1. The van der Waals surface area contributed by atoms with E-state index in [4.69, 9.17) is 13.9 Å². The molecule has 0 aromatic heterocycles. The molecule has 73 heavy (non-hydrogen) atoms. The van der Waals surface area contributed by atoms with Gasteiger partial charge in [0, 0.05) is 24.8 Å². The van der Waals surface area contributed by atoms with Crippen molar-refractivity contribution in [2.75, 3.05) is 26.0 Å². The van der Waals surface area contributed by atoms with E-state index >= 15 is 0 Å². The average Bonchev–Trinajstić information content (AvgIpc) is 3.40. The van der Waals surface area contributed by atoms with Crippen molar-refractivity contribution in [2.24, 2.45) is 11.8 Å². The molecule has 0 radical (unpaired) electrons. The first kappa shape index (κ1) is 63.4. The van der Waals surface area contributed by atoms with Crippen molar-refractivity contribution in [3.8, 4) is 0 Å². The summed E-state index contributed by atoms with van der Waals surface area (Å²) < 4.78 is 20.3. The van der Waals surface area contributed by atoms with Gasteiger partial charge in [-0.3, -0.25) is 9.59 Å². The smallest absolute Gasteiger partial charge is 0.310 e. The number of nitrogens with zero attached hydrogens (tertiary/aromatic N) is 1. The summed E-state index contributed by atoms with van der Waals surface area (Å²) in [5.41, 5.74) is -0.213. The highest BCUT2D eigenvalue weighted by Crippen LogP contribution is 2.37. The molecule has 0 N–H and O–H groups in total. The zero-order valence-electron chi connectivity index (χ0n) is 48.1. The van der Waals surface area contributed by atoms with Crippen LogP contribution in [0.2, 0.25) is 5.04 Å². The number of hydrogen-bond donors (Lipinski definition) is 0. The van der Waals surface area contributed by atoms with E-state index in [-0.39, 0.29) is 34.4 Å². The summed E-state index contributed by atoms with van der Waals surface area (Å²) in [6, 6.07) is 22.6. The average molecular weight is 1050 g/mol. The summed E-state index contributed by atoms with van der Waals surface area (Å²) in [5, 5.41) is 2.68. The second-order valence-corrected chi connectivity index (χ2v) is 29.4. The van der Waals surface area contributed by atoms with Gasteiger partial charge in [0.15, 0.2) is 0 Å². The zero-order valence-corrected chi connectivity index (χ0v) is 50.0.